The fourth-order valence-electron chi connectivity index (χ4n) is 3.90. The lowest BCUT2D eigenvalue weighted by molar-refractivity contribution is -0.132. The van der Waals surface area contributed by atoms with E-state index in [-0.39, 0.29) is 29.9 Å². The molecule has 7 nitrogen and oxygen atoms in total. The fraction of sp³-hybridized carbons (Fsp3) is 0.667. The van der Waals surface area contributed by atoms with E-state index in [4.69, 9.17) is 9.47 Å². The Morgan fingerprint density at radius 3 is 2.47 bits per heavy atom. The molecular formula is C24H41IN4O3. The van der Waals surface area contributed by atoms with Crippen LogP contribution in [-0.4, -0.2) is 57.2 Å². The van der Waals surface area contributed by atoms with E-state index in [1.807, 2.05) is 17.0 Å². The van der Waals surface area contributed by atoms with Crippen molar-refractivity contribution in [2.45, 2.75) is 71.4 Å². The van der Waals surface area contributed by atoms with Crippen LogP contribution in [0.3, 0.4) is 0 Å². The molecule has 0 radical (unpaired) electrons. The molecule has 0 bridgehead atoms. The first-order valence-electron chi connectivity index (χ1n) is 11.5. The summed E-state index contributed by atoms with van der Waals surface area (Å²) in [6.45, 7) is 6.50. The lowest BCUT2D eigenvalue weighted by Crippen LogP contribution is -2.42. The average molecular weight is 561 g/mol. The highest BCUT2D eigenvalue weighted by Crippen LogP contribution is 2.33. The van der Waals surface area contributed by atoms with Gasteiger partial charge in [-0.15, -0.1) is 24.0 Å². The molecule has 2 rings (SSSR count). The third-order valence-corrected chi connectivity index (χ3v) is 5.78. The average Bonchev–Trinajstić information content (AvgIpc) is 2.79. The maximum atomic E-state index is 12.7. The Balaban J connectivity index is 0.00000512. The van der Waals surface area contributed by atoms with E-state index >= 15 is 0 Å². The predicted octanol–water partition coefficient (Wildman–Crippen LogP) is 4.12. The first kappa shape index (κ1) is 28.3. The van der Waals surface area contributed by atoms with Gasteiger partial charge in [0.2, 0.25) is 5.91 Å². The Bertz CT molecular complexity index is 742. The van der Waals surface area contributed by atoms with Crippen molar-refractivity contribution in [1.29, 1.82) is 0 Å². The Kier molecular flexibility index (Phi) is 13.4. The number of amides is 1. The molecule has 0 spiro atoms. The molecule has 1 aromatic carbocycles. The molecule has 0 saturated heterocycles. The highest BCUT2D eigenvalue weighted by molar-refractivity contribution is 14.0. The van der Waals surface area contributed by atoms with Crippen molar-refractivity contribution in [2.24, 2.45) is 4.99 Å². The molecule has 0 aromatic heterocycles. The van der Waals surface area contributed by atoms with E-state index in [0.29, 0.717) is 24.8 Å². The predicted molar refractivity (Wildman–Crippen MR) is 141 cm³/mol. The van der Waals surface area contributed by atoms with Gasteiger partial charge < -0.3 is 25.0 Å². The summed E-state index contributed by atoms with van der Waals surface area (Å²) >= 11 is 0. The number of nitrogens with one attached hydrogen (secondary N) is 2. The van der Waals surface area contributed by atoms with Crippen LogP contribution in [-0.2, 0) is 17.8 Å². The Labute approximate surface area is 210 Å². The third kappa shape index (κ3) is 8.67. The summed E-state index contributed by atoms with van der Waals surface area (Å²) in [5.41, 5.74) is 2.36. The number of carbonyl (C=O) groups excluding carboxylic acids is 1. The van der Waals surface area contributed by atoms with Gasteiger partial charge >= 0.3 is 0 Å². The van der Waals surface area contributed by atoms with Crippen molar-refractivity contribution in [2.75, 3.05) is 34.4 Å². The highest BCUT2D eigenvalue weighted by Gasteiger charge is 2.22. The van der Waals surface area contributed by atoms with Gasteiger partial charge in [0.1, 0.15) is 0 Å². The molecule has 1 amide bonds. The second-order valence-corrected chi connectivity index (χ2v) is 8.18. The van der Waals surface area contributed by atoms with Gasteiger partial charge in [-0.1, -0.05) is 26.2 Å². The van der Waals surface area contributed by atoms with E-state index in [9.17, 15) is 4.79 Å². The van der Waals surface area contributed by atoms with E-state index < -0.39 is 0 Å². The number of benzene rings is 1. The number of carbonyl (C=O) groups is 1. The smallest absolute Gasteiger partial charge is 0.222 e. The number of hydrogen-bond acceptors (Lipinski definition) is 4. The monoisotopic (exact) mass is 560 g/mol. The van der Waals surface area contributed by atoms with Gasteiger partial charge in [0.05, 0.1) is 14.2 Å². The lowest BCUT2D eigenvalue weighted by atomic mass is 9.98. The normalized spacial score (nSPS) is 14.2. The van der Waals surface area contributed by atoms with E-state index in [0.717, 1.165) is 49.6 Å². The molecular weight excluding hydrogens is 519 g/mol. The molecule has 2 N–H and O–H groups in total. The molecule has 8 heteroatoms. The molecule has 1 aromatic rings. The van der Waals surface area contributed by atoms with Gasteiger partial charge in [-0.2, -0.15) is 0 Å². The summed E-state index contributed by atoms with van der Waals surface area (Å²) in [7, 11) is 5.07. The van der Waals surface area contributed by atoms with Crippen molar-refractivity contribution < 1.29 is 14.3 Å². The quantitative estimate of drug-likeness (QED) is 0.184. The minimum atomic E-state index is 0. The van der Waals surface area contributed by atoms with Crippen molar-refractivity contribution in [3.63, 3.8) is 0 Å². The van der Waals surface area contributed by atoms with Crippen LogP contribution in [0, 0.1) is 0 Å². The maximum absolute atomic E-state index is 12.7. The number of methoxy groups -OCH3 is 2. The molecule has 32 heavy (non-hydrogen) atoms. The molecule has 0 saturated carbocycles. The number of unbranched alkanes of at least 4 members (excludes halogenated alkanes) is 2. The number of aliphatic imine (C=N–C) groups is 1. The number of ether oxygens (including phenoxy) is 2. The van der Waals surface area contributed by atoms with Crippen LogP contribution in [0.2, 0.25) is 0 Å². The number of rotatable bonds is 11. The van der Waals surface area contributed by atoms with Crippen molar-refractivity contribution >= 4 is 35.8 Å². The summed E-state index contributed by atoms with van der Waals surface area (Å²) in [6.07, 6.45) is 7.01. The van der Waals surface area contributed by atoms with Crippen LogP contribution >= 0.6 is 24.0 Å². The van der Waals surface area contributed by atoms with Crippen LogP contribution in [0.25, 0.3) is 0 Å². The number of nitrogens with zero attached hydrogens (tertiary/aromatic N) is 2. The SMILES string of the molecule is CCCCCC(C)NC(=NC)NCCCC(=O)N1CCc2cc(OC)c(OC)cc2C1.I. The fourth-order valence-corrected chi connectivity index (χ4v) is 3.90. The summed E-state index contributed by atoms with van der Waals surface area (Å²) < 4.78 is 10.8. The number of hydrogen-bond donors (Lipinski definition) is 2. The highest BCUT2D eigenvalue weighted by atomic mass is 127. The lowest BCUT2D eigenvalue weighted by Gasteiger charge is -2.29. The Hall–Kier alpha value is -1.71. The van der Waals surface area contributed by atoms with Crippen LogP contribution in [0.5, 0.6) is 11.5 Å². The Morgan fingerprint density at radius 1 is 1.16 bits per heavy atom. The van der Waals surface area contributed by atoms with E-state index in [1.54, 1.807) is 21.3 Å². The molecule has 1 heterocycles. The molecule has 1 unspecified atom stereocenters. The molecule has 0 aliphatic carbocycles. The van der Waals surface area contributed by atoms with Crippen LogP contribution in [0.4, 0.5) is 0 Å². The largest absolute Gasteiger partial charge is 0.493 e. The van der Waals surface area contributed by atoms with Crippen LogP contribution in [0.15, 0.2) is 17.1 Å². The zero-order valence-corrected chi connectivity index (χ0v) is 22.7. The molecule has 1 aliphatic heterocycles. The first-order valence-corrected chi connectivity index (χ1v) is 11.5. The number of halogens is 1. The summed E-state index contributed by atoms with van der Waals surface area (Å²) in [5.74, 6) is 2.46. The van der Waals surface area contributed by atoms with Gasteiger partial charge in [0, 0.05) is 39.1 Å². The maximum Gasteiger partial charge on any atom is 0.222 e. The minimum Gasteiger partial charge on any atom is -0.493 e. The van der Waals surface area contributed by atoms with Gasteiger partial charge in [0.25, 0.3) is 0 Å². The molecule has 1 atom stereocenters. The zero-order chi connectivity index (χ0) is 22.6. The van der Waals surface area contributed by atoms with Gasteiger partial charge in [-0.05, 0) is 49.4 Å². The van der Waals surface area contributed by atoms with E-state index in [2.05, 4.69) is 29.5 Å². The summed E-state index contributed by atoms with van der Waals surface area (Å²) in [6, 6.07) is 4.41. The standard InChI is InChI=1S/C24H40N4O3.HI/c1-6-7-8-10-18(2)27-24(25-3)26-13-9-11-23(29)28-14-12-19-15-21(30-4)22(31-5)16-20(19)17-28;/h15-16,18H,6-14,17H2,1-5H3,(H2,25,26,27);1H. The Morgan fingerprint density at radius 2 is 1.84 bits per heavy atom. The van der Waals surface area contributed by atoms with Crippen LogP contribution in [0.1, 0.15) is 63.5 Å². The van der Waals surface area contributed by atoms with Gasteiger partial charge in [0.15, 0.2) is 17.5 Å². The van der Waals surface area contributed by atoms with Crippen molar-refractivity contribution in [3.8, 4) is 11.5 Å². The minimum absolute atomic E-state index is 0. The number of fused-ring (bicyclic) bond motifs is 1. The second-order valence-electron chi connectivity index (χ2n) is 8.18. The summed E-state index contributed by atoms with van der Waals surface area (Å²) in [4.78, 5) is 19.0. The topological polar surface area (TPSA) is 75.2 Å². The second kappa shape index (κ2) is 15.2. The molecule has 182 valence electrons. The van der Waals surface area contributed by atoms with Gasteiger partial charge in [-0.25, -0.2) is 0 Å². The molecule has 0 fully saturated rings. The molecule has 1 aliphatic rings. The summed E-state index contributed by atoms with van der Waals surface area (Å²) in [5, 5.41) is 6.76. The van der Waals surface area contributed by atoms with Crippen molar-refractivity contribution in [1.82, 2.24) is 15.5 Å². The third-order valence-electron chi connectivity index (χ3n) is 5.78. The first-order chi connectivity index (χ1) is 15.0. The van der Waals surface area contributed by atoms with Crippen molar-refractivity contribution in [3.05, 3.63) is 23.3 Å². The van der Waals surface area contributed by atoms with Crippen LogP contribution < -0.4 is 20.1 Å². The zero-order valence-electron chi connectivity index (χ0n) is 20.3. The number of guanidine groups is 1. The van der Waals surface area contributed by atoms with Gasteiger partial charge in [-0.3, -0.25) is 9.79 Å². The van der Waals surface area contributed by atoms with E-state index in [1.165, 1.54) is 24.8 Å².